The number of anilines is 1. The van der Waals surface area contributed by atoms with E-state index in [0.29, 0.717) is 6.04 Å². The molecule has 0 bridgehead atoms. The van der Waals surface area contributed by atoms with Crippen molar-refractivity contribution in [2.24, 2.45) is 0 Å². The van der Waals surface area contributed by atoms with Gasteiger partial charge < -0.3 is 5.32 Å². The van der Waals surface area contributed by atoms with E-state index in [1.165, 1.54) is 28.2 Å². The van der Waals surface area contributed by atoms with Crippen LogP contribution >= 0.6 is 23.1 Å². The molecule has 1 aromatic heterocycles. The molecule has 0 saturated carbocycles. The van der Waals surface area contributed by atoms with Gasteiger partial charge in [-0.15, -0.1) is 0 Å². The minimum Gasteiger partial charge on any atom is -0.359 e. The highest BCUT2D eigenvalue weighted by atomic mass is 32.2. The SMILES string of the molecule is CCSCCC(C)Nc1nc2cc(C)ccc2s1. The zero-order chi connectivity index (χ0) is 13.0. The number of fused-ring (bicyclic) bond motifs is 1. The summed E-state index contributed by atoms with van der Waals surface area (Å²) in [5.74, 6) is 2.42. The molecule has 0 aliphatic rings. The second-order valence-corrected chi connectivity index (χ2v) is 6.95. The molecule has 4 heteroatoms. The maximum absolute atomic E-state index is 4.64. The monoisotopic (exact) mass is 280 g/mol. The number of nitrogens with one attached hydrogen (secondary N) is 1. The first-order valence-electron chi connectivity index (χ1n) is 6.40. The number of thioether (sulfide) groups is 1. The summed E-state index contributed by atoms with van der Waals surface area (Å²) in [4.78, 5) is 4.64. The number of benzene rings is 1. The largest absolute Gasteiger partial charge is 0.359 e. The summed E-state index contributed by atoms with van der Waals surface area (Å²) in [6, 6.07) is 6.94. The normalized spacial score (nSPS) is 12.8. The average Bonchev–Trinajstić information content (AvgIpc) is 2.70. The Morgan fingerprint density at radius 2 is 2.28 bits per heavy atom. The molecule has 0 fully saturated rings. The number of rotatable bonds is 6. The molecule has 1 unspecified atom stereocenters. The van der Waals surface area contributed by atoms with Crippen molar-refractivity contribution in [1.29, 1.82) is 0 Å². The Kier molecular flexibility index (Phi) is 4.89. The van der Waals surface area contributed by atoms with Crippen LogP contribution in [-0.2, 0) is 0 Å². The molecule has 0 amide bonds. The summed E-state index contributed by atoms with van der Waals surface area (Å²) < 4.78 is 1.26. The third-order valence-corrected chi connectivity index (χ3v) is 4.71. The lowest BCUT2D eigenvalue weighted by Gasteiger charge is -2.11. The van der Waals surface area contributed by atoms with Crippen molar-refractivity contribution in [3.05, 3.63) is 23.8 Å². The molecule has 18 heavy (non-hydrogen) atoms. The van der Waals surface area contributed by atoms with E-state index in [0.717, 1.165) is 10.6 Å². The van der Waals surface area contributed by atoms with Crippen molar-refractivity contribution in [2.75, 3.05) is 16.8 Å². The van der Waals surface area contributed by atoms with Crippen LogP contribution in [0.4, 0.5) is 5.13 Å². The van der Waals surface area contributed by atoms with Crippen molar-refractivity contribution in [3.8, 4) is 0 Å². The molecule has 2 aromatic rings. The van der Waals surface area contributed by atoms with Gasteiger partial charge >= 0.3 is 0 Å². The molecule has 2 nitrogen and oxygen atoms in total. The number of aromatic nitrogens is 1. The van der Waals surface area contributed by atoms with Gasteiger partial charge in [-0.1, -0.05) is 24.3 Å². The fourth-order valence-electron chi connectivity index (χ4n) is 1.79. The van der Waals surface area contributed by atoms with Crippen LogP contribution in [0, 0.1) is 6.92 Å². The Morgan fingerprint density at radius 1 is 1.44 bits per heavy atom. The standard InChI is InChI=1S/C14H20N2S2/c1-4-17-8-7-11(3)15-14-16-12-9-10(2)5-6-13(12)18-14/h5-6,9,11H,4,7-8H2,1-3H3,(H,15,16). The van der Waals surface area contributed by atoms with E-state index in [9.17, 15) is 0 Å². The molecule has 0 saturated heterocycles. The zero-order valence-electron chi connectivity index (χ0n) is 11.2. The van der Waals surface area contributed by atoms with Crippen LogP contribution in [0.15, 0.2) is 18.2 Å². The van der Waals surface area contributed by atoms with E-state index in [1.54, 1.807) is 11.3 Å². The smallest absolute Gasteiger partial charge is 0.183 e. The van der Waals surface area contributed by atoms with E-state index in [1.807, 2.05) is 11.8 Å². The van der Waals surface area contributed by atoms with E-state index < -0.39 is 0 Å². The van der Waals surface area contributed by atoms with Crippen LogP contribution in [0.25, 0.3) is 10.2 Å². The maximum atomic E-state index is 4.64. The summed E-state index contributed by atoms with van der Waals surface area (Å²) in [5.41, 5.74) is 2.38. The van der Waals surface area contributed by atoms with Crippen LogP contribution in [-0.4, -0.2) is 22.5 Å². The minimum absolute atomic E-state index is 0.491. The second-order valence-electron chi connectivity index (χ2n) is 4.52. The van der Waals surface area contributed by atoms with Crippen LogP contribution in [0.1, 0.15) is 25.8 Å². The Balaban J connectivity index is 1.98. The van der Waals surface area contributed by atoms with Gasteiger partial charge in [-0.2, -0.15) is 11.8 Å². The zero-order valence-corrected chi connectivity index (χ0v) is 12.8. The van der Waals surface area contributed by atoms with Gasteiger partial charge in [0.05, 0.1) is 10.2 Å². The molecule has 0 aliphatic heterocycles. The van der Waals surface area contributed by atoms with E-state index in [2.05, 4.69) is 49.3 Å². The Hall–Kier alpha value is -0.740. The van der Waals surface area contributed by atoms with E-state index in [4.69, 9.17) is 0 Å². The van der Waals surface area contributed by atoms with Gasteiger partial charge in [0.25, 0.3) is 0 Å². The highest BCUT2D eigenvalue weighted by Crippen LogP contribution is 2.27. The van der Waals surface area contributed by atoms with Crippen molar-refractivity contribution in [3.63, 3.8) is 0 Å². The van der Waals surface area contributed by atoms with Gasteiger partial charge in [0.15, 0.2) is 5.13 Å². The molecule has 1 aromatic carbocycles. The highest BCUT2D eigenvalue weighted by molar-refractivity contribution is 7.99. The fraction of sp³-hybridized carbons (Fsp3) is 0.500. The van der Waals surface area contributed by atoms with Gasteiger partial charge in [-0.05, 0) is 49.5 Å². The maximum Gasteiger partial charge on any atom is 0.183 e. The first kappa shape index (κ1) is 13.7. The summed E-state index contributed by atoms with van der Waals surface area (Å²) in [5, 5.41) is 4.55. The summed E-state index contributed by atoms with van der Waals surface area (Å²) in [6.45, 7) is 6.54. The Morgan fingerprint density at radius 3 is 3.06 bits per heavy atom. The van der Waals surface area contributed by atoms with Crippen molar-refractivity contribution < 1.29 is 0 Å². The van der Waals surface area contributed by atoms with E-state index >= 15 is 0 Å². The van der Waals surface area contributed by atoms with Crippen molar-refractivity contribution in [1.82, 2.24) is 4.98 Å². The lowest BCUT2D eigenvalue weighted by Crippen LogP contribution is -2.15. The molecule has 2 rings (SSSR count). The summed E-state index contributed by atoms with van der Waals surface area (Å²) in [6.07, 6.45) is 1.19. The first-order chi connectivity index (χ1) is 8.69. The van der Waals surface area contributed by atoms with Gasteiger partial charge in [0.1, 0.15) is 0 Å². The molecule has 0 radical (unpaired) electrons. The fourth-order valence-corrected chi connectivity index (χ4v) is 3.55. The lowest BCUT2D eigenvalue weighted by atomic mass is 10.2. The van der Waals surface area contributed by atoms with Gasteiger partial charge in [-0.3, -0.25) is 0 Å². The minimum atomic E-state index is 0.491. The third-order valence-electron chi connectivity index (χ3n) is 2.81. The number of hydrogen-bond acceptors (Lipinski definition) is 4. The van der Waals surface area contributed by atoms with Crippen molar-refractivity contribution >= 4 is 38.4 Å². The van der Waals surface area contributed by atoms with Gasteiger partial charge in [-0.25, -0.2) is 4.98 Å². The highest BCUT2D eigenvalue weighted by Gasteiger charge is 2.07. The average molecular weight is 280 g/mol. The van der Waals surface area contributed by atoms with Crippen LogP contribution in [0.5, 0.6) is 0 Å². The number of thiazole rings is 1. The molecular weight excluding hydrogens is 260 g/mol. The third kappa shape index (κ3) is 3.62. The van der Waals surface area contributed by atoms with E-state index in [-0.39, 0.29) is 0 Å². The summed E-state index contributed by atoms with van der Waals surface area (Å²) >= 11 is 3.74. The molecular formula is C14H20N2S2. The van der Waals surface area contributed by atoms with Crippen LogP contribution in [0.2, 0.25) is 0 Å². The molecule has 0 aliphatic carbocycles. The van der Waals surface area contributed by atoms with Gasteiger partial charge in [0.2, 0.25) is 0 Å². The molecule has 98 valence electrons. The lowest BCUT2D eigenvalue weighted by molar-refractivity contribution is 0.771. The number of nitrogens with zero attached hydrogens (tertiary/aromatic N) is 1. The second kappa shape index (κ2) is 6.43. The molecule has 1 heterocycles. The summed E-state index contributed by atoms with van der Waals surface area (Å²) in [7, 11) is 0. The number of aryl methyl sites for hydroxylation is 1. The van der Waals surface area contributed by atoms with Crippen molar-refractivity contribution in [2.45, 2.75) is 33.2 Å². The predicted octanol–water partition coefficient (Wildman–Crippen LogP) is 4.55. The Bertz CT molecular complexity index is 507. The Labute approximate surface area is 117 Å². The quantitative estimate of drug-likeness (QED) is 0.786. The predicted molar refractivity (Wildman–Crippen MR) is 85.1 cm³/mol. The molecule has 1 atom stereocenters. The van der Waals surface area contributed by atoms with Crippen LogP contribution < -0.4 is 5.32 Å². The topological polar surface area (TPSA) is 24.9 Å². The van der Waals surface area contributed by atoms with Gasteiger partial charge in [0, 0.05) is 6.04 Å². The molecule has 0 spiro atoms. The molecule has 1 N–H and O–H groups in total. The van der Waals surface area contributed by atoms with Crippen LogP contribution in [0.3, 0.4) is 0 Å². The first-order valence-corrected chi connectivity index (χ1v) is 8.37. The number of hydrogen-bond donors (Lipinski definition) is 1.